The van der Waals surface area contributed by atoms with Gasteiger partial charge in [-0.1, -0.05) is 60.7 Å². The summed E-state index contributed by atoms with van der Waals surface area (Å²) in [5.74, 6) is -5.38. The molecule has 214 valence electrons. The van der Waals surface area contributed by atoms with Crippen LogP contribution in [0.3, 0.4) is 0 Å². The molecular formula is C34H30O8. The fraction of sp³-hybridized carbons (Fsp3) is 0.176. The van der Waals surface area contributed by atoms with Crippen LogP contribution in [0.2, 0.25) is 0 Å². The topological polar surface area (TPSA) is 149 Å². The third-order valence-electron chi connectivity index (χ3n) is 7.32. The van der Waals surface area contributed by atoms with Gasteiger partial charge in [0.05, 0.1) is 22.3 Å². The van der Waals surface area contributed by atoms with Crippen molar-refractivity contribution in [2.45, 2.75) is 38.5 Å². The second-order valence-corrected chi connectivity index (χ2v) is 10.0. The Labute approximate surface area is 242 Å². The maximum atomic E-state index is 12.0. The third-order valence-corrected chi connectivity index (χ3v) is 7.32. The van der Waals surface area contributed by atoms with E-state index >= 15 is 0 Å². The molecule has 0 bridgehead atoms. The molecule has 0 radical (unpaired) electrons. The highest BCUT2D eigenvalue weighted by Gasteiger charge is 2.22. The van der Waals surface area contributed by atoms with Gasteiger partial charge in [-0.3, -0.25) is 0 Å². The van der Waals surface area contributed by atoms with Gasteiger partial charge in [-0.25, -0.2) is 19.2 Å². The average molecular weight is 567 g/mol. The molecule has 0 spiro atoms. The minimum absolute atomic E-state index is 0.295. The zero-order valence-corrected chi connectivity index (χ0v) is 22.7. The van der Waals surface area contributed by atoms with Crippen molar-refractivity contribution in [3.05, 3.63) is 141 Å². The van der Waals surface area contributed by atoms with E-state index in [0.29, 0.717) is 60.8 Å². The normalized spacial score (nSPS) is 10.8. The van der Waals surface area contributed by atoms with Gasteiger partial charge in [0, 0.05) is 0 Å². The molecule has 0 aliphatic heterocycles. The predicted octanol–water partition coefficient (Wildman–Crippen LogP) is 5.84. The van der Waals surface area contributed by atoms with Gasteiger partial charge in [0.2, 0.25) is 0 Å². The highest BCUT2D eigenvalue weighted by atomic mass is 16.4. The van der Waals surface area contributed by atoms with Crippen molar-refractivity contribution in [2.24, 2.45) is 0 Å². The first-order valence-corrected chi connectivity index (χ1v) is 13.5. The van der Waals surface area contributed by atoms with Gasteiger partial charge in [0.15, 0.2) is 0 Å². The van der Waals surface area contributed by atoms with Crippen molar-refractivity contribution in [3.63, 3.8) is 0 Å². The molecule has 4 aromatic carbocycles. The number of carboxylic acid groups (broad SMARTS) is 4. The first kappa shape index (κ1) is 29.7. The van der Waals surface area contributed by atoms with Crippen LogP contribution in [0.25, 0.3) is 0 Å². The minimum atomic E-state index is -1.36. The lowest BCUT2D eigenvalue weighted by atomic mass is 9.88. The lowest BCUT2D eigenvalue weighted by Gasteiger charge is -2.16. The summed E-state index contributed by atoms with van der Waals surface area (Å²) in [7, 11) is 0. The third kappa shape index (κ3) is 7.28. The molecule has 0 aromatic heterocycles. The Morgan fingerprint density at radius 1 is 0.381 bits per heavy atom. The maximum absolute atomic E-state index is 12.0. The second kappa shape index (κ2) is 13.4. The van der Waals surface area contributed by atoms with Crippen molar-refractivity contribution < 1.29 is 39.6 Å². The van der Waals surface area contributed by atoms with E-state index in [0.717, 1.165) is 11.1 Å². The van der Waals surface area contributed by atoms with Crippen LogP contribution in [0.1, 0.15) is 74.8 Å². The summed E-state index contributed by atoms with van der Waals surface area (Å²) in [4.78, 5) is 47.7. The average Bonchev–Trinajstić information content (AvgIpc) is 2.98. The molecule has 0 saturated carbocycles. The lowest BCUT2D eigenvalue weighted by molar-refractivity contribution is 0.0651. The van der Waals surface area contributed by atoms with Gasteiger partial charge in [-0.05, 0) is 96.2 Å². The van der Waals surface area contributed by atoms with E-state index in [-0.39, 0.29) is 22.3 Å². The molecular weight excluding hydrogens is 536 g/mol. The van der Waals surface area contributed by atoms with E-state index in [9.17, 15) is 39.6 Å². The summed E-state index contributed by atoms with van der Waals surface area (Å²) >= 11 is 0. The maximum Gasteiger partial charge on any atom is 0.336 e. The summed E-state index contributed by atoms with van der Waals surface area (Å²) in [5, 5.41) is 38.9. The number of rotatable bonds is 13. The molecule has 8 heteroatoms. The molecule has 8 nitrogen and oxygen atoms in total. The zero-order chi connectivity index (χ0) is 30.2. The summed E-state index contributed by atoms with van der Waals surface area (Å²) in [6.07, 6.45) is 2.76. The van der Waals surface area contributed by atoms with E-state index in [2.05, 4.69) is 0 Å². The zero-order valence-electron chi connectivity index (χ0n) is 22.7. The van der Waals surface area contributed by atoms with Crippen LogP contribution in [0.4, 0.5) is 0 Å². The van der Waals surface area contributed by atoms with Gasteiger partial charge in [-0.2, -0.15) is 0 Å². The molecule has 0 unspecified atom stereocenters. The fourth-order valence-electron chi connectivity index (χ4n) is 5.13. The van der Waals surface area contributed by atoms with E-state index in [4.69, 9.17) is 0 Å². The van der Waals surface area contributed by atoms with Gasteiger partial charge in [0.25, 0.3) is 0 Å². The lowest BCUT2D eigenvalue weighted by Crippen LogP contribution is -2.13. The second-order valence-electron chi connectivity index (χ2n) is 10.0. The largest absolute Gasteiger partial charge is 0.478 e. The van der Waals surface area contributed by atoms with E-state index in [1.165, 1.54) is 24.3 Å². The van der Waals surface area contributed by atoms with Crippen LogP contribution in [0, 0.1) is 0 Å². The number of aromatic carboxylic acids is 4. The summed E-state index contributed by atoms with van der Waals surface area (Å²) in [6.45, 7) is 0. The summed E-state index contributed by atoms with van der Waals surface area (Å²) in [6, 6.07) is 24.9. The SMILES string of the molecule is O=C(O)c1cc(CCc2ccccc2)c(CCc2cc(C(=O)O)c(C(=O)O)cc2CCc2ccccc2)cc1C(=O)O. The molecule has 42 heavy (non-hydrogen) atoms. The standard InChI is InChI=1S/C34H30O8/c35-31(36)27-17-23(13-11-21-7-3-1-4-8-21)25(19-29(27)33(39)40)15-16-26-20-30(34(41)42)28(32(37)38)18-24(26)14-12-22-9-5-2-6-10-22/h1-10,17-20H,11-16H2,(H,35,36)(H,37,38)(H,39,40)(H,41,42). The molecule has 4 aromatic rings. The highest BCUT2D eigenvalue weighted by molar-refractivity contribution is 6.02. The van der Waals surface area contributed by atoms with Crippen LogP contribution in [-0.2, 0) is 38.5 Å². The van der Waals surface area contributed by atoms with Crippen molar-refractivity contribution in [1.29, 1.82) is 0 Å². The van der Waals surface area contributed by atoms with E-state index in [1.54, 1.807) is 0 Å². The molecule has 4 N–H and O–H groups in total. The van der Waals surface area contributed by atoms with Crippen LogP contribution in [0.5, 0.6) is 0 Å². The van der Waals surface area contributed by atoms with Crippen molar-refractivity contribution >= 4 is 23.9 Å². The van der Waals surface area contributed by atoms with Crippen molar-refractivity contribution in [2.75, 3.05) is 0 Å². The molecule has 0 atom stereocenters. The molecule has 0 heterocycles. The molecule has 0 amide bonds. The Kier molecular flexibility index (Phi) is 9.50. The number of hydrogen-bond acceptors (Lipinski definition) is 4. The van der Waals surface area contributed by atoms with Crippen molar-refractivity contribution in [1.82, 2.24) is 0 Å². The molecule has 0 aliphatic carbocycles. The molecule has 0 saturated heterocycles. The van der Waals surface area contributed by atoms with Gasteiger partial charge < -0.3 is 20.4 Å². The Hall–Kier alpha value is -5.24. The molecule has 4 rings (SSSR count). The minimum Gasteiger partial charge on any atom is -0.478 e. The van der Waals surface area contributed by atoms with Gasteiger partial charge in [-0.15, -0.1) is 0 Å². The number of benzene rings is 4. The van der Waals surface area contributed by atoms with Crippen LogP contribution in [-0.4, -0.2) is 44.3 Å². The molecule has 0 aliphatic rings. The number of hydrogen-bond donors (Lipinski definition) is 4. The Morgan fingerprint density at radius 2 is 0.619 bits per heavy atom. The fourth-order valence-corrected chi connectivity index (χ4v) is 5.13. The quantitative estimate of drug-likeness (QED) is 0.158. The Balaban J connectivity index is 1.72. The highest BCUT2D eigenvalue weighted by Crippen LogP contribution is 2.25. The van der Waals surface area contributed by atoms with Crippen molar-refractivity contribution in [3.8, 4) is 0 Å². The first-order chi connectivity index (χ1) is 20.1. The first-order valence-electron chi connectivity index (χ1n) is 13.5. The molecule has 0 fully saturated rings. The van der Waals surface area contributed by atoms with E-state index in [1.807, 2.05) is 60.7 Å². The van der Waals surface area contributed by atoms with Crippen LogP contribution in [0.15, 0.2) is 84.9 Å². The van der Waals surface area contributed by atoms with E-state index < -0.39 is 23.9 Å². The summed E-state index contributed by atoms with van der Waals surface area (Å²) < 4.78 is 0. The smallest absolute Gasteiger partial charge is 0.336 e. The monoisotopic (exact) mass is 566 g/mol. The number of carboxylic acids is 4. The Bertz CT molecular complexity index is 1500. The Morgan fingerprint density at radius 3 is 0.857 bits per heavy atom. The van der Waals surface area contributed by atoms with Gasteiger partial charge >= 0.3 is 23.9 Å². The summed E-state index contributed by atoms with van der Waals surface area (Å²) in [5.41, 5.74) is 3.51. The number of aryl methyl sites for hydroxylation is 6. The van der Waals surface area contributed by atoms with Crippen LogP contribution < -0.4 is 0 Å². The predicted molar refractivity (Wildman–Crippen MR) is 156 cm³/mol. The van der Waals surface area contributed by atoms with Crippen LogP contribution >= 0.6 is 0 Å². The number of carbonyl (C=O) groups is 4. The van der Waals surface area contributed by atoms with Gasteiger partial charge in [0.1, 0.15) is 0 Å².